The minimum absolute atomic E-state index is 0.0128. The summed E-state index contributed by atoms with van der Waals surface area (Å²) in [6, 6.07) is 8.73. The molecule has 0 radical (unpaired) electrons. The average Bonchev–Trinajstić information content (AvgIpc) is 3.27. The van der Waals surface area contributed by atoms with Gasteiger partial charge in [0.25, 0.3) is 0 Å². The van der Waals surface area contributed by atoms with Crippen molar-refractivity contribution in [1.82, 2.24) is 19.5 Å². The predicted octanol–water partition coefficient (Wildman–Crippen LogP) is 2.21. The fraction of sp³-hybridized carbons (Fsp3) is 0.250. The lowest BCUT2D eigenvalue weighted by Crippen LogP contribution is -2.20. The molecule has 2 atom stereocenters. The van der Waals surface area contributed by atoms with Gasteiger partial charge in [0.05, 0.1) is 18.5 Å². The second-order valence-electron chi connectivity index (χ2n) is 5.31. The van der Waals surface area contributed by atoms with E-state index in [0.717, 1.165) is 0 Å². The van der Waals surface area contributed by atoms with E-state index in [1.807, 2.05) is 6.07 Å². The number of halogens is 1. The number of hydrogen-bond donors (Lipinski definition) is 0. The van der Waals surface area contributed by atoms with E-state index < -0.39 is 18.5 Å². The summed E-state index contributed by atoms with van der Waals surface area (Å²) in [5.41, 5.74) is 1.52. The summed E-state index contributed by atoms with van der Waals surface area (Å²) in [4.78, 5) is 24.1. The van der Waals surface area contributed by atoms with Crippen molar-refractivity contribution in [3.8, 4) is 0 Å². The second-order valence-corrected chi connectivity index (χ2v) is 5.66. The van der Waals surface area contributed by atoms with Gasteiger partial charge < -0.3 is 14.2 Å². The van der Waals surface area contributed by atoms with Gasteiger partial charge in [-0.2, -0.15) is 0 Å². The Labute approximate surface area is 147 Å². The molecule has 1 aliphatic heterocycles. The van der Waals surface area contributed by atoms with Gasteiger partial charge in [-0.1, -0.05) is 29.8 Å². The van der Waals surface area contributed by atoms with Crippen LogP contribution in [0.3, 0.4) is 0 Å². The van der Waals surface area contributed by atoms with E-state index in [1.54, 1.807) is 35.2 Å². The van der Waals surface area contributed by atoms with E-state index in [-0.39, 0.29) is 18.4 Å². The zero-order chi connectivity index (χ0) is 17.2. The standard InChI is InChI=1S/C16H13ClN4O4/c17-14-13-15(19-8-18-14)20-9-21(13)11-6-23-12(25-11)7-24-16(22)10-4-2-1-3-5-10/h1-5,8-9,11-12H,6-7H2/t11-,12-/m0/s1. The van der Waals surface area contributed by atoms with Crippen molar-refractivity contribution in [2.75, 3.05) is 13.2 Å². The Morgan fingerprint density at radius 1 is 1.28 bits per heavy atom. The van der Waals surface area contributed by atoms with Crippen LogP contribution in [0, 0.1) is 0 Å². The molecule has 128 valence electrons. The minimum atomic E-state index is -0.668. The monoisotopic (exact) mass is 360 g/mol. The Bertz CT molecular complexity index is 902. The van der Waals surface area contributed by atoms with Crippen LogP contribution in [-0.4, -0.2) is 45.0 Å². The van der Waals surface area contributed by atoms with Crippen molar-refractivity contribution in [3.63, 3.8) is 0 Å². The van der Waals surface area contributed by atoms with E-state index in [1.165, 1.54) is 6.33 Å². The Morgan fingerprint density at radius 3 is 2.96 bits per heavy atom. The second kappa shape index (κ2) is 6.75. The average molecular weight is 361 g/mol. The lowest BCUT2D eigenvalue weighted by Gasteiger charge is -2.13. The molecule has 1 aromatic carbocycles. The Morgan fingerprint density at radius 2 is 2.12 bits per heavy atom. The minimum Gasteiger partial charge on any atom is -0.457 e. The van der Waals surface area contributed by atoms with Crippen molar-refractivity contribution in [2.24, 2.45) is 0 Å². The SMILES string of the molecule is O=C(OC[C@H]1OC[C@@H](n2cnc3ncnc(Cl)c32)O1)c1ccccc1. The summed E-state index contributed by atoms with van der Waals surface area (Å²) in [6.07, 6.45) is 1.80. The number of esters is 1. The number of benzene rings is 1. The molecule has 1 saturated heterocycles. The van der Waals surface area contributed by atoms with E-state index in [9.17, 15) is 4.79 Å². The largest absolute Gasteiger partial charge is 0.457 e. The van der Waals surface area contributed by atoms with Gasteiger partial charge in [-0.3, -0.25) is 4.57 Å². The first kappa shape index (κ1) is 15.9. The van der Waals surface area contributed by atoms with E-state index in [4.69, 9.17) is 25.8 Å². The molecule has 0 N–H and O–H groups in total. The fourth-order valence-corrected chi connectivity index (χ4v) is 2.76. The van der Waals surface area contributed by atoms with Crippen molar-refractivity contribution >= 4 is 28.7 Å². The van der Waals surface area contributed by atoms with Gasteiger partial charge >= 0.3 is 5.97 Å². The number of ether oxygens (including phenoxy) is 3. The number of carbonyl (C=O) groups excluding carboxylic acids is 1. The lowest BCUT2D eigenvalue weighted by molar-refractivity contribution is -0.102. The third kappa shape index (κ3) is 3.19. The van der Waals surface area contributed by atoms with Crippen LogP contribution in [-0.2, 0) is 14.2 Å². The Hall–Kier alpha value is -2.55. The predicted molar refractivity (Wildman–Crippen MR) is 86.9 cm³/mol. The fourth-order valence-electron chi connectivity index (χ4n) is 2.54. The molecule has 25 heavy (non-hydrogen) atoms. The summed E-state index contributed by atoms with van der Waals surface area (Å²) in [5.74, 6) is -0.430. The van der Waals surface area contributed by atoms with E-state index in [0.29, 0.717) is 16.7 Å². The van der Waals surface area contributed by atoms with Gasteiger partial charge in [0.1, 0.15) is 18.5 Å². The normalized spacial score (nSPS) is 20.0. The van der Waals surface area contributed by atoms with Crippen LogP contribution in [0.5, 0.6) is 0 Å². The van der Waals surface area contributed by atoms with Crippen LogP contribution < -0.4 is 0 Å². The molecule has 3 heterocycles. The number of imidazole rings is 1. The molecule has 3 aromatic rings. The first-order chi connectivity index (χ1) is 12.2. The number of aromatic nitrogens is 4. The molecule has 0 bridgehead atoms. The molecular weight excluding hydrogens is 348 g/mol. The first-order valence-corrected chi connectivity index (χ1v) is 7.92. The van der Waals surface area contributed by atoms with Gasteiger partial charge in [0.15, 0.2) is 23.3 Å². The molecule has 9 heteroatoms. The smallest absolute Gasteiger partial charge is 0.338 e. The number of hydrogen-bond acceptors (Lipinski definition) is 7. The van der Waals surface area contributed by atoms with Crippen LogP contribution >= 0.6 is 11.6 Å². The first-order valence-electron chi connectivity index (χ1n) is 7.54. The zero-order valence-corrected chi connectivity index (χ0v) is 13.7. The molecule has 1 aliphatic rings. The number of fused-ring (bicyclic) bond motifs is 1. The topological polar surface area (TPSA) is 88.4 Å². The van der Waals surface area contributed by atoms with Crippen LogP contribution in [0.4, 0.5) is 0 Å². The summed E-state index contributed by atoms with van der Waals surface area (Å²) in [5, 5.41) is 0.282. The third-order valence-electron chi connectivity index (χ3n) is 3.72. The van der Waals surface area contributed by atoms with Crippen molar-refractivity contribution < 1.29 is 19.0 Å². The maximum atomic E-state index is 11.9. The van der Waals surface area contributed by atoms with Crippen molar-refractivity contribution in [1.29, 1.82) is 0 Å². The molecule has 0 aliphatic carbocycles. The molecule has 2 aromatic heterocycles. The van der Waals surface area contributed by atoms with Crippen LogP contribution in [0.15, 0.2) is 43.0 Å². The van der Waals surface area contributed by atoms with Gasteiger partial charge in [-0.05, 0) is 12.1 Å². The summed E-state index contributed by atoms with van der Waals surface area (Å²) < 4.78 is 18.2. The summed E-state index contributed by atoms with van der Waals surface area (Å²) in [6.45, 7) is 0.255. The molecule has 0 spiro atoms. The van der Waals surface area contributed by atoms with E-state index >= 15 is 0 Å². The maximum Gasteiger partial charge on any atom is 0.338 e. The molecule has 0 saturated carbocycles. The number of carbonyl (C=O) groups is 1. The molecule has 1 fully saturated rings. The highest BCUT2D eigenvalue weighted by atomic mass is 35.5. The Balaban J connectivity index is 1.41. The van der Waals surface area contributed by atoms with Gasteiger partial charge in [0.2, 0.25) is 0 Å². The third-order valence-corrected chi connectivity index (χ3v) is 4.00. The van der Waals surface area contributed by atoms with Crippen LogP contribution in [0.25, 0.3) is 11.2 Å². The van der Waals surface area contributed by atoms with Gasteiger partial charge in [-0.25, -0.2) is 19.7 Å². The molecule has 0 unspecified atom stereocenters. The number of nitrogens with zero attached hydrogens (tertiary/aromatic N) is 4. The number of rotatable bonds is 4. The highest BCUT2D eigenvalue weighted by Crippen LogP contribution is 2.27. The van der Waals surface area contributed by atoms with Gasteiger partial charge in [-0.15, -0.1) is 0 Å². The van der Waals surface area contributed by atoms with Crippen LogP contribution in [0.2, 0.25) is 5.15 Å². The quantitative estimate of drug-likeness (QED) is 0.520. The van der Waals surface area contributed by atoms with Crippen molar-refractivity contribution in [2.45, 2.75) is 12.5 Å². The molecule has 8 nitrogen and oxygen atoms in total. The maximum absolute atomic E-state index is 11.9. The Kier molecular flexibility index (Phi) is 4.31. The zero-order valence-electron chi connectivity index (χ0n) is 12.9. The van der Waals surface area contributed by atoms with Gasteiger partial charge in [0, 0.05) is 0 Å². The van der Waals surface area contributed by atoms with Crippen LogP contribution in [0.1, 0.15) is 16.6 Å². The lowest BCUT2D eigenvalue weighted by atomic mass is 10.2. The summed E-state index contributed by atoms with van der Waals surface area (Å²) in [7, 11) is 0. The highest BCUT2D eigenvalue weighted by Gasteiger charge is 2.30. The molecule has 4 rings (SSSR count). The highest BCUT2D eigenvalue weighted by molar-refractivity contribution is 6.33. The summed E-state index contributed by atoms with van der Waals surface area (Å²) >= 11 is 6.11. The van der Waals surface area contributed by atoms with E-state index in [2.05, 4.69) is 15.0 Å². The molecular formula is C16H13ClN4O4. The van der Waals surface area contributed by atoms with Crippen molar-refractivity contribution in [3.05, 3.63) is 53.7 Å². The molecule has 0 amide bonds.